The summed E-state index contributed by atoms with van der Waals surface area (Å²) in [5.74, 6) is 0.313. The molecule has 1 aliphatic carbocycles. The van der Waals surface area contributed by atoms with Gasteiger partial charge in [-0.2, -0.15) is 4.31 Å². The zero-order valence-electron chi connectivity index (χ0n) is 11.5. The fourth-order valence-corrected chi connectivity index (χ4v) is 4.40. The number of hydrogen-bond acceptors (Lipinski definition) is 3. The Morgan fingerprint density at radius 3 is 2.50 bits per heavy atom. The van der Waals surface area contributed by atoms with E-state index in [2.05, 4.69) is 0 Å². The van der Waals surface area contributed by atoms with Crippen molar-refractivity contribution in [1.29, 1.82) is 0 Å². The van der Waals surface area contributed by atoms with Crippen molar-refractivity contribution in [2.45, 2.75) is 36.6 Å². The average Bonchev–Trinajstić information content (AvgIpc) is 2.46. The van der Waals surface area contributed by atoms with E-state index in [0.29, 0.717) is 10.9 Å². The minimum absolute atomic E-state index is 0.00165. The molecule has 20 heavy (non-hydrogen) atoms. The molecule has 6 heteroatoms. The van der Waals surface area contributed by atoms with Crippen LogP contribution in [0.3, 0.4) is 0 Å². The Bertz CT molecular complexity index is 553. The first-order chi connectivity index (χ1) is 9.45. The van der Waals surface area contributed by atoms with E-state index in [1.807, 2.05) is 0 Å². The second kappa shape index (κ2) is 6.43. The largest absolute Gasteiger partial charge is 0.396 e. The highest BCUT2D eigenvalue weighted by molar-refractivity contribution is 7.89. The van der Waals surface area contributed by atoms with E-state index in [-0.39, 0.29) is 17.5 Å². The van der Waals surface area contributed by atoms with E-state index >= 15 is 0 Å². The molecule has 1 saturated carbocycles. The van der Waals surface area contributed by atoms with Gasteiger partial charge < -0.3 is 5.11 Å². The second-order valence-electron chi connectivity index (χ2n) is 5.34. The molecular weight excluding hydrogens is 298 g/mol. The van der Waals surface area contributed by atoms with Crippen molar-refractivity contribution in [3.63, 3.8) is 0 Å². The highest BCUT2D eigenvalue weighted by Crippen LogP contribution is 2.30. The van der Waals surface area contributed by atoms with E-state index in [1.165, 1.54) is 10.4 Å². The monoisotopic (exact) mass is 317 g/mol. The number of benzene rings is 1. The number of hydrogen-bond donors (Lipinski definition) is 1. The molecule has 1 N–H and O–H groups in total. The van der Waals surface area contributed by atoms with Gasteiger partial charge in [-0.25, -0.2) is 8.42 Å². The van der Waals surface area contributed by atoms with Gasteiger partial charge >= 0.3 is 0 Å². The summed E-state index contributed by atoms with van der Waals surface area (Å²) < 4.78 is 26.6. The van der Waals surface area contributed by atoms with Crippen molar-refractivity contribution in [1.82, 2.24) is 4.31 Å². The van der Waals surface area contributed by atoms with Gasteiger partial charge in [0.05, 0.1) is 4.90 Å². The summed E-state index contributed by atoms with van der Waals surface area (Å²) >= 11 is 5.87. The molecule has 0 aliphatic heterocycles. The van der Waals surface area contributed by atoms with Gasteiger partial charge in [-0.05, 0) is 49.8 Å². The topological polar surface area (TPSA) is 57.6 Å². The third-order valence-corrected chi connectivity index (χ3v) is 6.20. The maximum atomic E-state index is 12.6. The smallest absolute Gasteiger partial charge is 0.243 e. The lowest BCUT2D eigenvalue weighted by Gasteiger charge is -2.33. The normalized spacial score (nSPS) is 24.0. The number of halogens is 1. The predicted octanol–water partition coefficient (Wildman–Crippen LogP) is 2.51. The lowest BCUT2D eigenvalue weighted by Crippen LogP contribution is -2.39. The van der Waals surface area contributed by atoms with Crippen LogP contribution in [0.4, 0.5) is 0 Å². The van der Waals surface area contributed by atoms with Gasteiger partial charge in [0.2, 0.25) is 10.0 Å². The third-order valence-electron chi connectivity index (χ3n) is 4.06. The molecular formula is C14H20ClNO3S. The van der Waals surface area contributed by atoms with Crippen molar-refractivity contribution in [3.05, 3.63) is 29.3 Å². The fraction of sp³-hybridized carbons (Fsp3) is 0.571. The molecule has 0 atom stereocenters. The zero-order chi connectivity index (χ0) is 14.8. The lowest BCUT2D eigenvalue weighted by molar-refractivity contribution is 0.159. The summed E-state index contributed by atoms with van der Waals surface area (Å²) in [7, 11) is -1.87. The van der Waals surface area contributed by atoms with Crippen molar-refractivity contribution < 1.29 is 13.5 Å². The minimum Gasteiger partial charge on any atom is -0.396 e. The van der Waals surface area contributed by atoms with Gasteiger partial charge in [-0.3, -0.25) is 0 Å². The molecule has 0 saturated heterocycles. The molecule has 1 aliphatic rings. The van der Waals surface area contributed by atoms with Crippen LogP contribution < -0.4 is 0 Å². The Kier molecular flexibility index (Phi) is 5.07. The van der Waals surface area contributed by atoms with Gasteiger partial charge in [0.15, 0.2) is 0 Å². The number of aliphatic hydroxyl groups excluding tert-OH is 1. The summed E-state index contributed by atoms with van der Waals surface area (Å²) in [6.45, 7) is 0.192. The van der Waals surface area contributed by atoms with Gasteiger partial charge in [0.1, 0.15) is 0 Å². The van der Waals surface area contributed by atoms with Crippen LogP contribution >= 0.6 is 11.6 Å². The van der Waals surface area contributed by atoms with Crippen LogP contribution in [-0.4, -0.2) is 37.5 Å². The van der Waals surface area contributed by atoms with Gasteiger partial charge in [-0.1, -0.05) is 17.7 Å². The van der Waals surface area contributed by atoms with Gasteiger partial charge in [0, 0.05) is 24.7 Å². The Morgan fingerprint density at radius 1 is 1.30 bits per heavy atom. The van der Waals surface area contributed by atoms with Gasteiger partial charge in [-0.15, -0.1) is 0 Å². The molecule has 0 amide bonds. The van der Waals surface area contributed by atoms with Crippen LogP contribution in [0, 0.1) is 5.92 Å². The number of nitrogens with zero attached hydrogens (tertiary/aromatic N) is 1. The highest BCUT2D eigenvalue weighted by Gasteiger charge is 2.31. The molecule has 1 fully saturated rings. The molecule has 1 aromatic rings. The predicted molar refractivity (Wildman–Crippen MR) is 79.2 cm³/mol. The van der Waals surface area contributed by atoms with Crippen LogP contribution in [0.2, 0.25) is 5.02 Å². The van der Waals surface area contributed by atoms with E-state index in [4.69, 9.17) is 16.7 Å². The van der Waals surface area contributed by atoms with Crippen LogP contribution in [-0.2, 0) is 10.0 Å². The highest BCUT2D eigenvalue weighted by atomic mass is 35.5. The summed E-state index contributed by atoms with van der Waals surface area (Å²) in [5, 5.41) is 9.56. The van der Waals surface area contributed by atoms with Crippen molar-refractivity contribution in [2.24, 2.45) is 5.92 Å². The number of aliphatic hydroxyl groups is 1. The Hall–Kier alpha value is -0.620. The zero-order valence-corrected chi connectivity index (χ0v) is 13.1. The molecule has 1 aromatic carbocycles. The summed E-state index contributed by atoms with van der Waals surface area (Å²) in [5.41, 5.74) is 0. The quantitative estimate of drug-likeness (QED) is 0.928. The standard InChI is InChI=1S/C14H20ClNO3S/c1-16(13-7-5-11(10-17)6-8-13)20(18,19)14-4-2-3-12(15)9-14/h2-4,9,11,13,17H,5-8,10H2,1H3. The molecule has 0 bridgehead atoms. The Balaban J connectivity index is 2.14. The first-order valence-electron chi connectivity index (χ1n) is 6.79. The van der Waals surface area contributed by atoms with Crippen LogP contribution in [0.5, 0.6) is 0 Å². The summed E-state index contributed by atoms with van der Waals surface area (Å²) in [6, 6.07) is 6.35. The van der Waals surface area contributed by atoms with Crippen LogP contribution in [0.25, 0.3) is 0 Å². The molecule has 112 valence electrons. The van der Waals surface area contributed by atoms with E-state index in [1.54, 1.807) is 25.2 Å². The van der Waals surface area contributed by atoms with Crippen LogP contribution in [0.15, 0.2) is 29.2 Å². The van der Waals surface area contributed by atoms with Gasteiger partial charge in [0.25, 0.3) is 0 Å². The number of rotatable bonds is 4. The van der Waals surface area contributed by atoms with E-state index in [0.717, 1.165) is 25.7 Å². The van der Waals surface area contributed by atoms with Crippen molar-refractivity contribution in [3.8, 4) is 0 Å². The first-order valence-corrected chi connectivity index (χ1v) is 8.61. The molecule has 0 heterocycles. The molecule has 2 rings (SSSR count). The maximum absolute atomic E-state index is 12.6. The molecule has 0 unspecified atom stereocenters. The van der Waals surface area contributed by atoms with E-state index in [9.17, 15) is 8.42 Å². The summed E-state index contributed by atoms with van der Waals surface area (Å²) in [6.07, 6.45) is 3.33. The van der Waals surface area contributed by atoms with Crippen LogP contribution in [0.1, 0.15) is 25.7 Å². The number of sulfonamides is 1. The maximum Gasteiger partial charge on any atom is 0.243 e. The van der Waals surface area contributed by atoms with Crippen molar-refractivity contribution in [2.75, 3.05) is 13.7 Å². The minimum atomic E-state index is -3.50. The van der Waals surface area contributed by atoms with E-state index < -0.39 is 10.0 Å². The Morgan fingerprint density at radius 2 is 1.95 bits per heavy atom. The lowest BCUT2D eigenvalue weighted by atomic mass is 9.87. The SMILES string of the molecule is CN(C1CCC(CO)CC1)S(=O)(=O)c1cccc(Cl)c1. The Labute approximate surface area is 125 Å². The first kappa shape index (κ1) is 15.8. The second-order valence-corrected chi connectivity index (χ2v) is 7.77. The molecule has 4 nitrogen and oxygen atoms in total. The van der Waals surface area contributed by atoms with Crippen molar-refractivity contribution >= 4 is 21.6 Å². The fourth-order valence-electron chi connectivity index (χ4n) is 2.68. The third kappa shape index (κ3) is 3.34. The average molecular weight is 318 g/mol. The molecule has 0 radical (unpaired) electrons. The molecule has 0 aromatic heterocycles. The summed E-state index contributed by atoms with van der Waals surface area (Å²) in [4.78, 5) is 0.233. The molecule has 0 spiro atoms.